The van der Waals surface area contributed by atoms with Crippen LogP contribution in [0.1, 0.15) is 6.42 Å². The molecule has 0 saturated carbocycles. The van der Waals surface area contributed by atoms with Gasteiger partial charge < -0.3 is 14.7 Å². The zero-order chi connectivity index (χ0) is 20.1. The van der Waals surface area contributed by atoms with Gasteiger partial charge in [0.1, 0.15) is 11.6 Å². The van der Waals surface area contributed by atoms with E-state index in [-0.39, 0.29) is 5.82 Å². The molecule has 2 aromatic heterocycles. The predicted octanol–water partition coefficient (Wildman–Crippen LogP) is 2.76. The van der Waals surface area contributed by atoms with Crippen LogP contribution in [0, 0.1) is 5.82 Å². The quantitative estimate of drug-likeness (QED) is 0.472. The third-order valence-corrected chi connectivity index (χ3v) is 5.11. The van der Waals surface area contributed by atoms with Gasteiger partial charge in [-0.05, 0) is 42.8 Å². The summed E-state index contributed by atoms with van der Waals surface area (Å²) in [5.41, 5.74) is 6.20. The summed E-state index contributed by atoms with van der Waals surface area (Å²) in [6.07, 6.45) is 4.56. The number of hydrazine groups is 1. The number of morpholine rings is 1. The second-order valence-corrected chi connectivity index (χ2v) is 7.02. The van der Waals surface area contributed by atoms with Crippen molar-refractivity contribution in [3.63, 3.8) is 0 Å². The first kappa shape index (κ1) is 19.5. The van der Waals surface area contributed by atoms with Crippen LogP contribution in [0.3, 0.4) is 0 Å². The minimum Gasteiger partial charge on any atom is -0.379 e. The van der Waals surface area contributed by atoms with E-state index in [1.165, 1.54) is 12.1 Å². The van der Waals surface area contributed by atoms with E-state index in [0.29, 0.717) is 5.82 Å². The number of anilines is 1. The van der Waals surface area contributed by atoms with Crippen LogP contribution in [-0.4, -0.2) is 52.3 Å². The smallest absolute Gasteiger partial charge is 0.140 e. The number of aryl methyl sites for hydroxylation is 1. The molecule has 1 aliphatic rings. The molecular formula is C21H25FN6O. The van der Waals surface area contributed by atoms with Crippen molar-refractivity contribution in [3.8, 4) is 22.5 Å². The van der Waals surface area contributed by atoms with Crippen molar-refractivity contribution in [3.05, 3.63) is 54.7 Å². The van der Waals surface area contributed by atoms with E-state index >= 15 is 0 Å². The van der Waals surface area contributed by atoms with Gasteiger partial charge in [0.25, 0.3) is 0 Å². The lowest BCUT2D eigenvalue weighted by Gasteiger charge is -2.26. The largest absolute Gasteiger partial charge is 0.379 e. The summed E-state index contributed by atoms with van der Waals surface area (Å²) in [4.78, 5) is 11.3. The fourth-order valence-corrected chi connectivity index (χ4v) is 3.62. The molecule has 1 aromatic carbocycles. The first-order valence-corrected chi connectivity index (χ1v) is 9.79. The average molecular weight is 396 g/mol. The molecule has 0 radical (unpaired) electrons. The number of rotatable bonds is 7. The molecule has 1 fully saturated rings. The third-order valence-electron chi connectivity index (χ3n) is 5.11. The number of nitrogens with two attached hydrogens (primary N) is 1. The number of ether oxygens (including phenoxy) is 1. The Hall–Kier alpha value is -2.81. The Morgan fingerprint density at radius 2 is 1.83 bits per heavy atom. The van der Waals surface area contributed by atoms with Gasteiger partial charge in [-0.25, -0.2) is 20.2 Å². The van der Waals surface area contributed by atoms with Gasteiger partial charge in [0.05, 0.1) is 30.9 Å². The highest BCUT2D eigenvalue weighted by Crippen LogP contribution is 2.32. The summed E-state index contributed by atoms with van der Waals surface area (Å²) in [6, 6.07) is 10.2. The van der Waals surface area contributed by atoms with Crippen molar-refractivity contribution in [1.29, 1.82) is 0 Å². The number of nitrogens with zero attached hydrogens (tertiary/aromatic N) is 4. The molecule has 0 amide bonds. The fourth-order valence-electron chi connectivity index (χ4n) is 3.62. The van der Waals surface area contributed by atoms with Crippen LogP contribution >= 0.6 is 0 Å². The number of imidazole rings is 1. The number of nitrogen functional groups attached to an aromatic ring is 1. The van der Waals surface area contributed by atoms with E-state index < -0.39 is 0 Å². The molecule has 0 unspecified atom stereocenters. The zero-order valence-electron chi connectivity index (χ0n) is 16.2. The van der Waals surface area contributed by atoms with E-state index in [4.69, 9.17) is 10.6 Å². The first-order valence-electron chi connectivity index (χ1n) is 9.79. The second-order valence-electron chi connectivity index (χ2n) is 7.02. The SMILES string of the molecule is NNc1cc(-c2c(-c3ccc(F)cc3)ncn2CCCN2CCOCC2)ccn1. The van der Waals surface area contributed by atoms with Crippen LogP contribution in [0.15, 0.2) is 48.9 Å². The molecule has 1 saturated heterocycles. The van der Waals surface area contributed by atoms with Gasteiger partial charge in [-0.1, -0.05) is 0 Å². The summed E-state index contributed by atoms with van der Waals surface area (Å²) in [5.74, 6) is 5.86. The van der Waals surface area contributed by atoms with Crippen molar-refractivity contribution in [2.75, 3.05) is 38.3 Å². The Morgan fingerprint density at radius 3 is 2.59 bits per heavy atom. The number of benzene rings is 1. The molecular weight excluding hydrogens is 371 g/mol. The molecule has 8 heteroatoms. The normalized spacial score (nSPS) is 14.8. The van der Waals surface area contributed by atoms with E-state index in [2.05, 4.69) is 24.9 Å². The third kappa shape index (κ3) is 4.61. The van der Waals surface area contributed by atoms with Gasteiger partial charge in [0, 0.05) is 43.5 Å². The van der Waals surface area contributed by atoms with E-state index in [9.17, 15) is 4.39 Å². The van der Waals surface area contributed by atoms with Gasteiger partial charge in [0.15, 0.2) is 0 Å². The van der Waals surface area contributed by atoms with Gasteiger partial charge in [-0.3, -0.25) is 4.90 Å². The maximum Gasteiger partial charge on any atom is 0.140 e. The number of pyridine rings is 1. The Bertz CT molecular complexity index is 937. The molecule has 3 aromatic rings. The van der Waals surface area contributed by atoms with Crippen LogP contribution in [0.4, 0.5) is 10.2 Å². The highest BCUT2D eigenvalue weighted by Gasteiger charge is 2.17. The Balaban J connectivity index is 1.62. The van der Waals surface area contributed by atoms with Crippen molar-refractivity contribution in [2.24, 2.45) is 5.84 Å². The Morgan fingerprint density at radius 1 is 1.03 bits per heavy atom. The summed E-state index contributed by atoms with van der Waals surface area (Å²) in [6.45, 7) is 5.41. The standard InChI is InChI=1S/C21H25FN6O/c22-18-4-2-16(3-5-18)20-21(17-6-7-24-19(14-17)26-23)28(15-25-20)9-1-8-27-10-12-29-13-11-27/h2-7,14-15H,1,8-13,23H2,(H,24,26). The van der Waals surface area contributed by atoms with Crippen LogP contribution in [-0.2, 0) is 11.3 Å². The molecule has 0 atom stereocenters. The number of aromatic nitrogens is 3. The molecule has 152 valence electrons. The van der Waals surface area contributed by atoms with Gasteiger partial charge in [-0.2, -0.15) is 0 Å². The zero-order valence-corrected chi connectivity index (χ0v) is 16.2. The van der Waals surface area contributed by atoms with Crippen LogP contribution < -0.4 is 11.3 Å². The molecule has 4 rings (SSSR count). The topological polar surface area (TPSA) is 81.2 Å². The minimum absolute atomic E-state index is 0.265. The lowest BCUT2D eigenvalue weighted by Crippen LogP contribution is -2.37. The van der Waals surface area contributed by atoms with E-state index in [1.807, 2.05) is 18.5 Å². The molecule has 29 heavy (non-hydrogen) atoms. The fraction of sp³-hybridized carbons (Fsp3) is 0.333. The van der Waals surface area contributed by atoms with Gasteiger partial charge >= 0.3 is 0 Å². The van der Waals surface area contributed by atoms with Gasteiger partial charge in [0.2, 0.25) is 0 Å². The highest BCUT2D eigenvalue weighted by atomic mass is 19.1. The summed E-state index contributed by atoms with van der Waals surface area (Å²) >= 11 is 0. The molecule has 3 heterocycles. The second kappa shape index (κ2) is 9.13. The monoisotopic (exact) mass is 396 g/mol. The summed E-state index contributed by atoms with van der Waals surface area (Å²) in [7, 11) is 0. The average Bonchev–Trinajstić information content (AvgIpc) is 3.19. The van der Waals surface area contributed by atoms with Crippen molar-refractivity contribution in [1.82, 2.24) is 19.4 Å². The van der Waals surface area contributed by atoms with Gasteiger partial charge in [-0.15, -0.1) is 0 Å². The van der Waals surface area contributed by atoms with Crippen LogP contribution in [0.2, 0.25) is 0 Å². The maximum absolute atomic E-state index is 13.4. The minimum atomic E-state index is -0.265. The number of nitrogens with one attached hydrogen (secondary N) is 1. The Labute approximate surface area is 169 Å². The summed E-state index contributed by atoms with van der Waals surface area (Å²) in [5, 5.41) is 0. The lowest BCUT2D eigenvalue weighted by molar-refractivity contribution is 0.0369. The molecule has 0 bridgehead atoms. The maximum atomic E-state index is 13.4. The number of halogens is 1. The lowest BCUT2D eigenvalue weighted by atomic mass is 10.1. The molecule has 7 nitrogen and oxygen atoms in total. The van der Waals surface area contributed by atoms with E-state index in [0.717, 1.165) is 68.3 Å². The summed E-state index contributed by atoms with van der Waals surface area (Å²) < 4.78 is 21.0. The van der Waals surface area contributed by atoms with Crippen molar-refractivity contribution < 1.29 is 9.13 Å². The Kier molecular flexibility index (Phi) is 6.14. The van der Waals surface area contributed by atoms with E-state index in [1.54, 1.807) is 18.3 Å². The van der Waals surface area contributed by atoms with Crippen LogP contribution in [0.5, 0.6) is 0 Å². The van der Waals surface area contributed by atoms with Crippen molar-refractivity contribution in [2.45, 2.75) is 13.0 Å². The molecule has 0 aliphatic carbocycles. The van der Waals surface area contributed by atoms with Crippen molar-refractivity contribution >= 4 is 5.82 Å². The predicted molar refractivity (Wildman–Crippen MR) is 111 cm³/mol. The molecule has 3 N–H and O–H groups in total. The highest BCUT2D eigenvalue weighted by molar-refractivity contribution is 5.79. The molecule has 0 spiro atoms. The van der Waals surface area contributed by atoms with Crippen LogP contribution in [0.25, 0.3) is 22.5 Å². The first-order chi connectivity index (χ1) is 14.2. The number of hydrogen-bond acceptors (Lipinski definition) is 6. The molecule has 1 aliphatic heterocycles. The number of hydrogen-bond donors (Lipinski definition) is 2.